The number of fused-ring (bicyclic) bond motifs is 4. The lowest BCUT2D eigenvalue weighted by atomic mass is 10.1. The van der Waals surface area contributed by atoms with E-state index in [0.29, 0.717) is 10.8 Å². The molecule has 0 aliphatic carbocycles. The Bertz CT molecular complexity index is 1600. The molecule has 0 N–H and O–H groups in total. The van der Waals surface area contributed by atoms with Gasteiger partial charge in [0.1, 0.15) is 11.3 Å². The van der Waals surface area contributed by atoms with Crippen molar-refractivity contribution in [1.82, 2.24) is 19.1 Å². The third-order valence-electron chi connectivity index (χ3n) is 6.97. The molecule has 6 rings (SSSR count). The van der Waals surface area contributed by atoms with E-state index in [1.54, 1.807) is 12.4 Å². The second-order valence-electron chi connectivity index (χ2n) is 9.16. The normalized spacial score (nSPS) is 11.7. The van der Waals surface area contributed by atoms with E-state index in [4.69, 9.17) is 0 Å². The molecule has 0 saturated heterocycles. The number of unbranched alkanes of at least 4 members (excludes halogenated alkanes) is 3. The van der Waals surface area contributed by atoms with Crippen molar-refractivity contribution in [2.24, 2.45) is 0 Å². The summed E-state index contributed by atoms with van der Waals surface area (Å²) >= 11 is 0. The van der Waals surface area contributed by atoms with Gasteiger partial charge in [0.25, 0.3) is 0 Å². The van der Waals surface area contributed by atoms with Crippen LogP contribution in [-0.4, -0.2) is 19.1 Å². The van der Waals surface area contributed by atoms with E-state index in [0.717, 1.165) is 71.9 Å². The summed E-state index contributed by atoms with van der Waals surface area (Å²) in [5.41, 5.74) is 3.45. The first-order chi connectivity index (χ1) is 17.7. The van der Waals surface area contributed by atoms with E-state index in [-0.39, 0.29) is 10.9 Å². The van der Waals surface area contributed by atoms with Crippen LogP contribution in [0.3, 0.4) is 0 Å². The molecule has 0 amide bonds. The third-order valence-corrected chi connectivity index (χ3v) is 6.97. The van der Waals surface area contributed by atoms with Crippen molar-refractivity contribution in [3.63, 3.8) is 0 Å². The van der Waals surface area contributed by atoms with Crippen LogP contribution in [0.15, 0.2) is 94.8 Å². The summed E-state index contributed by atoms with van der Waals surface area (Å²) in [5, 5.41) is 2.81. The molecule has 0 fully saturated rings. The van der Waals surface area contributed by atoms with E-state index in [9.17, 15) is 9.59 Å². The summed E-state index contributed by atoms with van der Waals surface area (Å²) in [6.45, 7) is 1.61. The van der Waals surface area contributed by atoms with Crippen molar-refractivity contribution < 1.29 is 0 Å². The number of pyridine rings is 4. The smallest absolute Gasteiger partial charge is 0.198 e. The standard InChI is InChI=1S/C30H26N4O2/c35-27-21-11-3-5-15-25(21)33(29-23(27)13-9-17-31-29)19-7-1-2-8-20-34-26-16-6-4-12-22(26)28(36)24-14-10-18-32-30(24)34/h3-6,9-18H,1-2,7-8,19-20H2. The van der Waals surface area contributed by atoms with Gasteiger partial charge >= 0.3 is 0 Å². The van der Waals surface area contributed by atoms with Crippen LogP contribution >= 0.6 is 0 Å². The fraction of sp³-hybridized carbons (Fsp3) is 0.200. The zero-order valence-corrected chi connectivity index (χ0v) is 19.9. The summed E-state index contributed by atoms with van der Waals surface area (Å²) in [5.74, 6) is 0. The first-order valence-corrected chi connectivity index (χ1v) is 12.5. The number of hydrogen-bond donors (Lipinski definition) is 0. The number of nitrogens with zero attached hydrogens (tertiary/aromatic N) is 4. The molecule has 6 nitrogen and oxygen atoms in total. The van der Waals surface area contributed by atoms with Gasteiger partial charge in [0.2, 0.25) is 0 Å². The van der Waals surface area contributed by atoms with Gasteiger partial charge in [-0.1, -0.05) is 37.1 Å². The highest BCUT2D eigenvalue weighted by atomic mass is 16.1. The van der Waals surface area contributed by atoms with Gasteiger partial charge in [-0.15, -0.1) is 0 Å². The van der Waals surface area contributed by atoms with Crippen LogP contribution in [0.1, 0.15) is 25.7 Å². The fourth-order valence-corrected chi connectivity index (χ4v) is 5.25. The predicted molar refractivity (Wildman–Crippen MR) is 145 cm³/mol. The highest BCUT2D eigenvalue weighted by Crippen LogP contribution is 2.20. The van der Waals surface area contributed by atoms with Crippen molar-refractivity contribution in [2.75, 3.05) is 0 Å². The Morgan fingerprint density at radius 2 is 0.917 bits per heavy atom. The topological polar surface area (TPSA) is 69.8 Å². The van der Waals surface area contributed by atoms with Crippen LogP contribution in [0.2, 0.25) is 0 Å². The minimum absolute atomic E-state index is 0.0409. The number of aryl methyl sites for hydroxylation is 2. The Kier molecular flexibility index (Phi) is 5.77. The maximum atomic E-state index is 12.9. The molecule has 0 radical (unpaired) electrons. The van der Waals surface area contributed by atoms with Gasteiger partial charge in [-0.3, -0.25) is 9.59 Å². The average Bonchev–Trinajstić information content (AvgIpc) is 2.94. The van der Waals surface area contributed by atoms with E-state index in [2.05, 4.69) is 19.1 Å². The summed E-state index contributed by atoms with van der Waals surface area (Å²) in [4.78, 5) is 34.9. The van der Waals surface area contributed by atoms with Crippen LogP contribution in [0, 0.1) is 0 Å². The van der Waals surface area contributed by atoms with E-state index >= 15 is 0 Å². The molecule has 0 saturated carbocycles. The molecule has 36 heavy (non-hydrogen) atoms. The van der Waals surface area contributed by atoms with Gasteiger partial charge in [-0.25, -0.2) is 9.97 Å². The van der Waals surface area contributed by atoms with E-state index < -0.39 is 0 Å². The van der Waals surface area contributed by atoms with Gasteiger partial charge in [0, 0.05) is 36.3 Å². The van der Waals surface area contributed by atoms with Crippen LogP contribution < -0.4 is 10.9 Å². The van der Waals surface area contributed by atoms with Crippen LogP contribution in [0.5, 0.6) is 0 Å². The SMILES string of the molecule is O=c1c2ccccc2n(CCCCCCn2c3ccccc3c(=O)c3cccnc32)c2ncccc12. The monoisotopic (exact) mass is 474 g/mol. The van der Waals surface area contributed by atoms with Crippen molar-refractivity contribution in [3.05, 3.63) is 106 Å². The van der Waals surface area contributed by atoms with Crippen LogP contribution in [0.4, 0.5) is 0 Å². The predicted octanol–water partition coefficient (Wildman–Crippen LogP) is 5.67. The molecule has 6 heteroatoms. The van der Waals surface area contributed by atoms with Crippen molar-refractivity contribution in [2.45, 2.75) is 38.8 Å². The maximum Gasteiger partial charge on any atom is 0.198 e. The number of rotatable bonds is 7. The van der Waals surface area contributed by atoms with Crippen molar-refractivity contribution >= 4 is 43.9 Å². The molecule has 0 unspecified atom stereocenters. The first-order valence-electron chi connectivity index (χ1n) is 12.5. The molecule has 0 spiro atoms. The Morgan fingerprint density at radius 3 is 1.39 bits per heavy atom. The lowest BCUT2D eigenvalue weighted by Gasteiger charge is -2.15. The second-order valence-corrected chi connectivity index (χ2v) is 9.16. The third kappa shape index (κ3) is 3.75. The quantitative estimate of drug-likeness (QED) is 0.221. The van der Waals surface area contributed by atoms with Gasteiger partial charge < -0.3 is 9.13 Å². The van der Waals surface area contributed by atoms with Crippen LogP contribution in [-0.2, 0) is 13.1 Å². The Hall–Kier alpha value is -4.32. The molecule has 0 aliphatic rings. The Balaban J connectivity index is 1.20. The molecule has 178 valence electrons. The zero-order chi connectivity index (χ0) is 24.5. The number of para-hydroxylation sites is 2. The fourth-order valence-electron chi connectivity index (χ4n) is 5.25. The van der Waals surface area contributed by atoms with Gasteiger partial charge in [-0.2, -0.15) is 0 Å². The van der Waals surface area contributed by atoms with Crippen molar-refractivity contribution in [3.8, 4) is 0 Å². The molecule has 0 atom stereocenters. The second kappa shape index (κ2) is 9.38. The average molecular weight is 475 g/mol. The molecule has 0 bridgehead atoms. The molecular formula is C30H26N4O2. The summed E-state index contributed by atoms with van der Waals surface area (Å²) < 4.78 is 4.36. The molecule has 0 aliphatic heterocycles. The molecule has 2 aromatic carbocycles. The molecular weight excluding hydrogens is 448 g/mol. The molecule has 4 aromatic heterocycles. The van der Waals surface area contributed by atoms with E-state index in [1.807, 2.05) is 72.8 Å². The lowest BCUT2D eigenvalue weighted by Crippen LogP contribution is -2.13. The van der Waals surface area contributed by atoms with Gasteiger partial charge in [0.15, 0.2) is 10.9 Å². The lowest BCUT2D eigenvalue weighted by molar-refractivity contribution is 0.556. The minimum atomic E-state index is 0.0409. The van der Waals surface area contributed by atoms with Crippen molar-refractivity contribution in [1.29, 1.82) is 0 Å². The summed E-state index contributed by atoms with van der Waals surface area (Å²) in [6.07, 6.45) is 7.59. The zero-order valence-electron chi connectivity index (χ0n) is 19.9. The Morgan fingerprint density at radius 1 is 0.500 bits per heavy atom. The summed E-state index contributed by atoms with van der Waals surface area (Å²) in [7, 11) is 0. The highest BCUT2D eigenvalue weighted by molar-refractivity contribution is 5.92. The van der Waals surface area contributed by atoms with Crippen LogP contribution in [0.25, 0.3) is 43.9 Å². The molecule has 6 aromatic rings. The van der Waals surface area contributed by atoms with Gasteiger partial charge in [0.05, 0.1) is 21.8 Å². The number of aromatic nitrogens is 4. The minimum Gasteiger partial charge on any atom is -0.325 e. The largest absolute Gasteiger partial charge is 0.325 e. The maximum absolute atomic E-state index is 12.9. The number of hydrogen-bond acceptors (Lipinski definition) is 4. The Labute approximate surface area is 207 Å². The number of benzene rings is 2. The first kappa shape index (κ1) is 22.2. The van der Waals surface area contributed by atoms with E-state index in [1.165, 1.54) is 0 Å². The van der Waals surface area contributed by atoms with Gasteiger partial charge in [-0.05, 0) is 61.4 Å². The highest BCUT2D eigenvalue weighted by Gasteiger charge is 2.12. The summed E-state index contributed by atoms with van der Waals surface area (Å²) in [6, 6.07) is 22.9. The molecule has 4 heterocycles.